The Bertz CT molecular complexity index is 1080. The molecular weight excluding hydrogens is 394 g/mol. The first kappa shape index (κ1) is 21.6. The molecule has 0 spiro atoms. The third-order valence-electron chi connectivity index (χ3n) is 4.44. The van der Waals surface area contributed by atoms with Crippen LogP contribution in [-0.4, -0.2) is 31.0 Å². The van der Waals surface area contributed by atoms with Gasteiger partial charge in [0.25, 0.3) is 5.91 Å². The second kappa shape index (κ2) is 10.6. The Morgan fingerprint density at radius 1 is 1.00 bits per heavy atom. The standard InChI is InChI=1S/C24H23N3O4/c1-30-21-11-9-17(14-22(21)31-2)10-12-23(28)27-20-8-4-3-7-19(20)24(29)26-16-18-6-5-13-25-15-18/h3-15H,16H2,1-2H3,(H,26,29)(H,27,28)/b12-10+. The van der Waals surface area contributed by atoms with Crippen LogP contribution in [0.15, 0.2) is 73.1 Å². The summed E-state index contributed by atoms with van der Waals surface area (Å²) in [5.41, 5.74) is 2.46. The summed E-state index contributed by atoms with van der Waals surface area (Å²) in [6.07, 6.45) is 6.41. The van der Waals surface area contributed by atoms with Gasteiger partial charge in [-0.05, 0) is 47.5 Å². The number of hydrogen-bond donors (Lipinski definition) is 2. The van der Waals surface area contributed by atoms with E-state index in [0.717, 1.165) is 11.1 Å². The van der Waals surface area contributed by atoms with Gasteiger partial charge in [0.05, 0.1) is 25.5 Å². The molecule has 2 N–H and O–H groups in total. The first-order chi connectivity index (χ1) is 15.1. The number of anilines is 1. The first-order valence-corrected chi connectivity index (χ1v) is 9.58. The molecule has 1 heterocycles. The molecule has 158 valence electrons. The average Bonchev–Trinajstić information content (AvgIpc) is 2.82. The third-order valence-corrected chi connectivity index (χ3v) is 4.44. The van der Waals surface area contributed by atoms with Crippen molar-refractivity contribution in [2.45, 2.75) is 6.54 Å². The van der Waals surface area contributed by atoms with E-state index in [1.807, 2.05) is 12.1 Å². The molecule has 7 heteroatoms. The zero-order valence-corrected chi connectivity index (χ0v) is 17.3. The van der Waals surface area contributed by atoms with E-state index in [2.05, 4.69) is 15.6 Å². The van der Waals surface area contributed by atoms with Crippen LogP contribution in [0.1, 0.15) is 21.5 Å². The van der Waals surface area contributed by atoms with Crippen molar-refractivity contribution in [3.63, 3.8) is 0 Å². The summed E-state index contributed by atoms with van der Waals surface area (Å²) in [4.78, 5) is 29.1. The van der Waals surface area contributed by atoms with E-state index in [0.29, 0.717) is 29.3 Å². The number of carbonyl (C=O) groups is 2. The summed E-state index contributed by atoms with van der Waals surface area (Å²) in [6.45, 7) is 0.341. The number of rotatable bonds is 8. The third kappa shape index (κ3) is 5.93. The smallest absolute Gasteiger partial charge is 0.253 e. The Morgan fingerprint density at radius 2 is 1.81 bits per heavy atom. The van der Waals surface area contributed by atoms with Crippen molar-refractivity contribution in [1.82, 2.24) is 10.3 Å². The highest BCUT2D eigenvalue weighted by Crippen LogP contribution is 2.28. The minimum absolute atomic E-state index is 0.288. The van der Waals surface area contributed by atoms with Gasteiger partial charge < -0.3 is 20.1 Å². The molecule has 0 saturated heterocycles. The summed E-state index contributed by atoms with van der Waals surface area (Å²) < 4.78 is 10.5. The molecule has 0 bridgehead atoms. The highest BCUT2D eigenvalue weighted by Gasteiger charge is 2.12. The van der Waals surface area contributed by atoms with Crippen molar-refractivity contribution in [3.8, 4) is 11.5 Å². The fourth-order valence-electron chi connectivity index (χ4n) is 2.87. The van der Waals surface area contributed by atoms with Crippen LogP contribution in [0.4, 0.5) is 5.69 Å². The maximum atomic E-state index is 12.6. The van der Waals surface area contributed by atoms with Crippen molar-refractivity contribution >= 4 is 23.6 Å². The van der Waals surface area contributed by atoms with Gasteiger partial charge in [0.2, 0.25) is 5.91 Å². The van der Waals surface area contributed by atoms with E-state index >= 15 is 0 Å². The highest BCUT2D eigenvalue weighted by molar-refractivity contribution is 6.07. The molecular formula is C24H23N3O4. The number of methoxy groups -OCH3 is 2. The largest absolute Gasteiger partial charge is 0.493 e. The summed E-state index contributed by atoms with van der Waals surface area (Å²) in [5.74, 6) is 0.530. The molecule has 2 aromatic carbocycles. The van der Waals surface area contributed by atoms with Gasteiger partial charge in [-0.1, -0.05) is 24.3 Å². The molecule has 0 aliphatic carbocycles. The number of benzene rings is 2. The number of pyridine rings is 1. The van der Waals surface area contributed by atoms with Crippen LogP contribution in [0.25, 0.3) is 6.08 Å². The van der Waals surface area contributed by atoms with E-state index in [9.17, 15) is 9.59 Å². The minimum atomic E-state index is -0.359. The number of nitrogens with one attached hydrogen (secondary N) is 2. The quantitative estimate of drug-likeness (QED) is 0.546. The van der Waals surface area contributed by atoms with Crippen molar-refractivity contribution < 1.29 is 19.1 Å². The molecule has 0 fully saturated rings. The zero-order chi connectivity index (χ0) is 22.1. The maximum absolute atomic E-state index is 12.6. The molecule has 0 aliphatic rings. The Balaban J connectivity index is 1.66. The fourth-order valence-corrected chi connectivity index (χ4v) is 2.87. The number of aromatic nitrogens is 1. The lowest BCUT2D eigenvalue weighted by Crippen LogP contribution is -2.24. The van der Waals surface area contributed by atoms with Gasteiger partial charge in [-0.25, -0.2) is 0 Å². The molecule has 1 aromatic heterocycles. The van der Waals surface area contributed by atoms with Crippen LogP contribution in [0.2, 0.25) is 0 Å². The average molecular weight is 417 g/mol. The Labute approximate surface area is 180 Å². The number of nitrogens with zero attached hydrogens (tertiary/aromatic N) is 1. The zero-order valence-electron chi connectivity index (χ0n) is 17.3. The Hall–Kier alpha value is -4.13. The number of amides is 2. The van der Waals surface area contributed by atoms with Crippen molar-refractivity contribution in [3.05, 3.63) is 89.8 Å². The summed E-state index contributed by atoms with van der Waals surface area (Å²) in [5, 5.41) is 5.59. The molecule has 0 unspecified atom stereocenters. The Kier molecular flexibility index (Phi) is 7.37. The van der Waals surface area contributed by atoms with Crippen LogP contribution in [0.3, 0.4) is 0 Å². The lowest BCUT2D eigenvalue weighted by molar-refractivity contribution is -0.111. The second-order valence-corrected chi connectivity index (χ2v) is 6.53. The maximum Gasteiger partial charge on any atom is 0.253 e. The van der Waals surface area contributed by atoms with E-state index in [-0.39, 0.29) is 11.8 Å². The van der Waals surface area contributed by atoms with E-state index in [4.69, 9.17) is 9.47 Å². The summed E-state index contributed by atoms with van der Waals surface area (Å²) >= 11 is 0. The van der Waals surface area contributed by atoms with Crippen molar-refractivity contribution in [2.24, 2.45) is 0 Å². The SMILES string of the molecule is COc1ccc(/C=C/C(=O)Nc2ccccc2C(=O)NCc2cccnc2)cc1OC. The topological polar surface area (TPSA) is 89.5 Å². The predicted molar refractivity (Wildman–Crippen MR) is 119 cm³/mol. The molecule has 0 aliphatic heterocycles. The lowest BCUT2D eigenvalue weighted by atomic mass is 10.1. The normalized spacial score (nSPS) is 10.5. The second-order valence-electron chi connectivity index (χ2n) is 6.53. The highest BCUT2D eigenvalue weighted by atomic mass is 16.5. The van der Waals surface area contributed by atoms with Crippen LogP contribution in [-0.2, 0) is 11.3 Å². The predicted octanol–water partition coefficient (Wildman–Crippen LogP) is 3.68. The summed E-state index contributed by atoms with van der Waals surface area (Å²) in [6, 6.07) is 15.9. The van der Waals surface area contributed by atoms with Gasteiger partial charge in [-0.15, -0.1) is 0 Å². The van der Waals surface area contributed by atoms with Gasteiger partial charge in [0.15, 0.2) is 11.5 Å². The number of ether oxygens (including phenoxy) is 2. The number of hydrogen-bond acceptors (Lipinski definition) is 5. The molecule has 0 atom stereocenters. The Morgan fingerprint density at radius 3 is 2.55 bits per heavy atom. The summed E-state index contributed by atoms with van der Waals surface area (Å²) in [7, 11) is 3.11. The van der Waals surface area contributed by atoms with Crippen LogP contribution < -0.4 is 20.1 Å². The van der Waals surface area contributed by atoms with Crippen LogP contribution in [0, 0.1) is 0 Å². The van der Waals surface area contributed by atoms with E-state index < -0.39 is 0 Å². The van der Waals surface area contributed by atoms with Gasteiger partial charge >= 0.3 is 0 Å². The monoisotopic (exact) mass is 417 g/mol. The first-order valence-electron chi connectivity index (χ1n) is 9.58. The minimum Gasteiger partial charge on any atom is -0.493 e. The van der Waals surface area contributed by atoms with E-state index in [1.54, 1.807) is 75.2 Å². The van der Waals surface area contributed by atoms with Gasteiger partial charge in [-0.3, -0.25) is 14.6 Å². The van der Waals surface area contributed by atoms with Crippen molar-refractivity contribution in [2.75, 3.05) is 19.5 Å². The molecule has 31 heavy (non-hydrogen) atoms. The van der Waals surface area contributed by atoms with Gasteiger partial charge in [0, 0.05) is 25.0 Å². The molecule has 3 rings (SSSR count). The number of carbonyl (C=O) groups excluding carboxylic acids is 2. The molecule has 3 aromatic rings. The molecule has 2 amide bonds. The van der Waals surface area contributed by atoms with Gasteiger partial charge in [-0.2, -0.15) is 0 Å². The van der Waals surface area contributed by atoms with Crippen molar-refractivity contribution in [1.29, 1.82) is 0 Å². The van der Waals surface area contributed by atoms with E-state index in [1.165, 1.54) is 6.08 Å². The van der Waals surface area contributed by atoms with Gasteiger partial charge in [0.1, 0.15) is 0 Å². The van der Waals surface area contributed by atoms with Crippen LogP contribution >= 0.6 is 0 Å². The number of para-hydroxylation sites is 1. The van der Waals surface area contributed by atoms with Crippen LogP contribution in [0.5, 0.6) is 11.5 Å². The molecule has 0 radical (unpaired) electrons. The fraction of sp³-hybridized carbons (Fsp3) is 0.125. The molecule has 7 nitrogen and oxygen atoms in total. The lowest BCUT2D eigenvalue weighted by Gasteiger charge is -2.10. The molecule has 0 saturated carbocycles.